The van der Waals surface area contributed by atoms with Gasteiger partial charge in [0.05, 0.1) is 11.0 Å². The molecule has 0 spiro atoms. The number of carbonyl (C=O) groups excluding carboxylic acids is 1. The lowest BCUT2D eigenvalue weighted by Gasteiger charge is -2.16. The van der Waals surface area contributed by atoms with Crippen LogP contribution in [0.5, 0.6) is 0 Å². The fourth-order valence-electron chi connectivity index (χ4n) is 3.25. The van der Waals surface area contributed by atoms with E-state index in [-0.39, 0.29) is 11.8 Å². The summed E-state index contributed by atoms with van der Waals surface area (Å²) in [5.41, 5.74) is 2.21. The minimum Gasteiger partial charge on any atom is -0.342 e. The molecular weight excluding hydrogens is 262 g/mol. The molecule has 1 aliphatic heterocycles. The van der Waals surface area contributed by atoms with Crippen LogP contribution in [-0.4, -0.2) is 33.4 Å². The molecule has 1 saturated heterocycles. The summed E-state index contributed by atoms with van der Waals surface area (Å²) >= 11 is 0. The van der Waals surface area contributed by atoms with E-state index in [1.165, 1.54) is 5.52 Å². The standard InChI is InChI=1S/C17H23N3O/c1-3-5-10-19-12-13(11-16(19)21)17-18-14-8-6-7-9-15(14)20(17)4-2/h6-9,13H,3-5,10-12H2,1-2H3/t13-/m1/s1. The largest absolute Gasteiger partial charge is 0.342 e. The lowest BCUT2D eigenvalue weighted by atomic mass is 10.1. The molecule has 1 amide bonds. The Labute approximate surface area is 125 Å². The second-order valence-corrected chi connectivity index (χ2v) is 5.80. The number of hydrogen-bond acceptors (Lipinski definition) is 2. The van der Waals surface area contributed by atoms with Crippen LogP contribution in [0.2, 0.25) is 0 Å². The van der Waals surface area contributed by atoms with E-state index in [1.807, 2.05) is 17.0 Å². The smallest absolute Gasteiger partial charge is 0.223 e. The molecule has 0 N–H and O–H groups in total. The third-order valence-corrected chi connectivity index (χ3v) is 4.36. The Bertz CT molecular complexity index is 647. The summed E-state index contributed by atoms with van der Waals surface area (Å²) in [6.07, 6.45) is 2.82. The number of hydrogen-bond donors (Lipinski definition) is 0. The Morgan fingerprint density at radius 3 is 2.86 bits per heavy atom. The van der Waals surface area contributed by atoms with Gasteiger partial charge in [-0.1, -0.05) is 25.5 Å². The second kappa shape index (κ2) is 5.88. The van der Waals surface area contributed by atoms with Gasteiger partial charge in [-0.05, 0) is 25.5 Å². The summed E-state index contributed by atoms with van der Waals surface area (Å²) in [7, 11) is 0. The molecule has 3 rings (SSSR count). The predicted octanol–water partition coefficient (Wildman–Crippen LogP) is 3.17. The monoisotopic (exact) mass is 285 g/mol. The summed E-state index contributed by atoms with van der Waals surface area (Å²) in [5.74, 6) is 1.59. The lowest BCUT2D eigenvalue weighted by Crippen LogP contribution is -2.26. The average Bonchev–Trinajstić information content (AvgIpc) is 3.05. The van der Waals surface area contributed by atoms with E-state index in [4.69, 9.17) is 4.98 Å². The highest BCUT2D eigenvalue weighted by Gasteiger charge is 2.33. The molecule has 0 saturated carbocycles. The maximum Gasteiger partial charge on any atom is 0.223 e. The van der Waals surface area contributed by atoms with Crippen molar-refractivity contribution in [2.75, 3.05) is 13.1 Å². The van der Waals surface area contributed by atoms with Crippen molar-refractivity contribution >= 4 is 16.9 Å². The molecule has 21 heavy (non-hydrogen) atoms. The van der Waals surface area contributed by atoms with Gasteiger partial charge in [0.1, 0.15) is 5.82 Å². The third kappa shape index (κ3) is 2.55. The summed E-state index contributed by atoms with van der Waals surface area (Å²) in [6.45, 7) is 6.91. The Morgan fingerprint density at radius 2 is 2.10 bits per heavy atom. The highest BCUT2D eigenvalue weighted by atomic mass is 16.2. The molecule has 112 valence electrons. The molecule has 1 fully saturated rings. The number of likely N-dealkylation sites (tertiary alicyclic amines) is 1. The molecule has 0 radical (unpaired) electrons. The van der Waals surface area contributed by atoms with Gasteiger partial charge in [-0.15, -0.1) is 0 Å². The Morgan fingerprint density at radius 1 is 1.29 bits per heavy atom. The minimum absolute atomic E-state index is 0.238. The van der Waals surface area contributed by atoms with Crippen LogP contribution in [0.15, 0.2) is 24.3 Å². The zero-order chi connectivity index (χ0) is 14.8. The first kappa shape index (κ1) is 14.1. The van der Waals surface area contributed by atoms with Crippen LogP contribution in [0.1, 0.15) is 44.9 Å². The van der Waals surface area contributed by atoms with Gasteiger partial charge in [-0.2, -0.15) is 0 Å². The summed E-state index contributed by atoms with van der Waals surface area (Å²) < 4.78 is 2.26. The van der Waals surface area contributed by atoms with E-state index >= 15 is 0 Å². The number of carbonyl (C=O) groups is 1. The predicted molar refractivity (Wildman–Crippen MR) is 84.3 cm³/mol. The van der Waals surface area contributed by atoms with Gasteiger partial charge in [0.25, 0.3) is 0 Å². The van der Waals surface area contributed by atoms with Crippen LogP contribution < -0.4 is 0 Å². The van der Waals surface area contributed by atoms with E-state index in [0.717, 1.165) is 43.8 Å². The van der Waals surface area contributed by atoms with Crippen molar-refractivity contribution in [3.63, 3.8) is 0 Å². The number of para-hydroxylation sites is 2. The van der Waals surface area contributed by atoms with E-state index in [1.54, 1.807) is 0 Å². The van der Waals surface area contributed by atoms with Crippen molar-refractivity contribution in [3.8, 4) is 0 Å². The first-order valence-corrected chi connectivity index (χ1v) is 7.97. The quantitative estimate of drug-likeness (QED) is 0.846. The van der Waals surface area contributed by atoms with Crippen molar-refractivity contribution in [1.82, 2.24) is 14.5 Å². The Hall–Kier alpha value is -1.84. The first-order chi connectivity index (χ1) is 10.2. The number of unbranched alkanes of at least 4 members (excludes halogenated alkanes) is 1. The average molecular weight is 285 g/mol. The van der Waals surface area contributed by atoms with Gasteiger partial charge >= 0.3 is 0 Å². The molecule has 1 aromatic carbocycles. The zero-order valence-corrected chi connectivity index (χ0v) is 12.9. The molecule has 0 bridgehead atoms. The van der Waals surface area contributed by atoms with E-state index in [0.29, 0.717) is 6.42 Å². The molecular formula is C17H23N3O. The van der Waals surface area contributed by atoms with Crippen molar-refractivity contribution in [2.24, 2.45) is 0 Å². The van der Waals surface area contributed by atoms with Gasteiger partial charge in [0.2, 0.25) is 5.91 Å². The van der Waals surface area contributed by atoms with Crippen LogP contribution in [0, 0.1) is 0 Å². The van der Waals surface area contributed by atoms with Crippen molar-refractivity contribution in [1.29, 1.82) is 0 Å². The van der Waals surface area contributed by atoms with Gasteiger partial charge in [-0.3, -0.25) is 4.79 Å². The number of rotatable bonds is 5. The lowest BCUT2D eigenvalue weighted by molar-refractivity contribution is -0.127. The zero-order valence-electron chi connectivity index (χ0n) is 12.9. The molecule has 4 heteroatoms. The molecule has 0 unspecified atom stereocenters. The highest BCUT2D eigenvalue weighted by molar-refractivity contribution is 5.80. The number of aryl methyl sites for hydroxylation is 1. The van der Waals surface area contributed by atoms with Gasteiger partial charge < -0.3 is 9.47 Å². The molecule has 4 nitrogen and oxygen atoms in total. The number of fused-ring (bicyclic) bond motifs is 1. The van der Waals surface area contributed by atoms with E-state index in [2.05, 4.69) is 30.5 Å². The summed E-state index contributed by atoms with van der Waals surface area (Å²) in [4.78, 5) is 19.0. The van der Waals surface area contributed by atoms with Crippen molar-refractivity contribution in [3.05, 3.63) is 30.1 Å². The first-order valence-electron chi connectivity index (χ1n) is 7.97. The number of aromatic nitrogens is 2. The van der Waals surface area contributed by atoms with Crippen LogP contribution >= 0.6 is 0 Å². The summed E-state index contributed by atoms with van der Waals surface area (Å²) in [5, 5.41) is 0. The minimum atomic E-state index is 0.238. The second-order valence-electron chi connectivity index (χ2n) is 5.80. The van der Waals surface area contributed by atoms with Crippen LogP contribution in [-0.2, 0) is 11.3 Å². The maximum atomic E-state index is 12.2. The van der Waals surface area contributed by atoms with Crippen molar-refractivity contribution in [2.45, 2.75) is 45.6 Å². The fourth-order valence-corrected chi connectivity index (χ4v) is 3.25. The molecule has 2 aromatic rings. The number of imidazole rings is 1. The van der Waals surface area contributed by atoms with Crippen LogP contribution in [0.3, 0.4) is 0 Å². The SMILES string of the molecule is CCCCN1C[C@H](c2nc3ccccc3n2CC)CC1=O. The van der Waals surface area contributed by atoms with Gasteiger partial charge in [-0.25, -0.2) is 4.98 Å². The summed E-state index contributed by atoms with van der Waals surface area (Å²) in [6, 6.07) is 8.23. The molecule has 1 aliphatic rings. The Kier molecular flexibility index (Phi) is 3.95. The maximum absolute atomic E-state index is 12.2. The number of benzene rings is 1. The Balaban J connectivity index is 1.89. The molecule has 0 aliphatic carbocycles. The van der Waals surface area contributed by atoms with Gasteiger partial charge in [0, 0.05) is 32.0 Å². The van der Waals surface area contributed by atoms with Gasteiger partial charge in [0.15, 0.2) is 0 Å². The van der Waals surface area contributed by atoms with E-state index in [9.17, 15) is 4.79 Å². The topological polar surface area (TPSA) is 38.1 Å². The highest BCUT2D eigenvalue weighted by Crippen LogP contribution is 2.30. The molecule has 2 heterocycles. The third-order valence-electron chi connectivity index (χ3n) is 4.36. The van der Waals surface area contributed by atoms with E-state index < -0.39 is 0 Å². The number of amides is 1. The van der Waals surface area contributed by atoms with Crippen LogP contribution in [0.25, 0.3) is 11.0 Å². The number of nitrogens with zero attached hydrogens (tertiary/aromatic N) is 3. The van der Waals surface area contributed by atoms with Crippen LogP contribution in [0.4, 0.5) is 0 Å². The molecule has 1 aromatic heterocycles. The normalized spacial score (nSPS) is 18.9. The molecule has 1 atom stereocenters. The fraction of sp³-hybridized carbons (Fsp3) is 0.529. The van der Waals surface area contributed by atoms with Crippen molar-refractivity contribution < 1.29 is 4.79 Å².